The molecule has 41 heavy (non-hydrogen) atoms. The second kappa shape index (κ2) is 15.7. The molecular weight excluding hydrogens is 496 g/mol. The molecule has 2 aliphatic carbocycles. The molecule has 220 valence electrons. The van der Waals surface area contributed by atoms with E-state index in [1.807, 2.05) is 12.2 Å². The van der Waals surface area contributed by atoms with Crippen LogP contribution in [0.15, 0.2) is 142 Å². The third-order valence-electron chi connectivity index (χ3n) is 8.22. The highest BCUT2D eigenvalue weighted by atomic mass is 16.3. The molecule has 0 bridgehead atoms. The molecular formula is C40H54O. The summed E-state index contributed by atoms with van der Waals surface area (Å²) < 4.78 is 0. The predicted molar refractivity (Wildman–Crippen MR) is 183 cm³/mol. The molecule has 0 saturated heterocycles. The first-order valence-corrected chi connectivity index (χ1v) is 15.1. The molecule has 0 fully saturated rings. The van der Waals surface area contributed by atoms with Crippen molar-refractivity contribution in [3.8, 4) is 0 Å². The van der Waals surface area contributed by atoms with Crippen LogP contribution in [-0.2, 0) is 0 Å². The van der Waals surface area contributed by atoms with Crippen LogP contribution in [0.5, 0.6) is 0 Å². The highest BCUT2D eigenvalue weighted by Crippen LogP contribution is 2.41. The fraction of sp³-hybridized carbons (Fsp3) is 0.400. The van der Waals surface area contributed by atoms with E-state index in [-0.39, 0.29) is 10.8 Å². The zero-order valence-electron chi connectivity index (χ0n) is 27.4. The van der Waals surface area contributed by atoms with Crippen molar-refractivity contribution in [2.75, 3.05) is 0 Å². The Labute approximate surface area is 251 Å². The molecule has 1 nitrogen and oxygen atoms in total. The first-order valence-electron chi connectivity index (χ1n) is 15.1. The molecule has 1 atom stereocenters. The molecule has 0 aliphatic heterocycles. The highest BCUT2D eigenvalue weighted by Gasteiger charge is 2.32. The molecule has 1 heteroatoms. The van der Waals surface area contributed by atoms with Crippen LogP contribution >= 0.6 is 0 Å². The Morgan fingerprint density at radius 1 is 0.707 bits per heavy atom. The van der Waals surface area contributed by atoms with Gasteiger partial charge in [-0.05, 0) is 82.9 Å². The van der Waals surface area contributed by atoms with Crippen molar-refractivity contribution in [1.29, 1.82) is 0 Å². The standard InChI is InChI=1S/C40H54O/c1-30(18-13-20-32(3)23-26-36-34(5)22-15-29-39(36,7)8)16-11-12-17-31(2)19-14-21-33(4)24-27-37-35(6)25-28-38(41)40(37,9)10/h11-14,16-21,23-28,38,41H,15,22,29H2,1-10H3/b12-11+,18-13+,19-14+,26-23+,27-24+,30-16+,31-17+,32-20+,33-21+. The van der Waals surface area contributed by atoms with Gasteiger partial charge in [0.05, 0.1) is 6.10 Å². The molecule has 0 heterocycles. The van der Waals surface area contributed by atoms with Crippen molar-refractivity contribution in [1.82, 2.24) is 0 Å². The number of hydrogen-bond donors (Lipinski definition) is 1. The molecule has 0 saturated carbocycles. The van der Waals surface area contributed by atoms with Gasteiger partial charge in [-0.2, -0.15) is 0 Å². The third-order valence-corrected chi connectivity index (χ3v) is 8.22. The van der Waals surface area contributed by atoms with E-state index in [1.165, 1.54) is 63.8 Å². The summed E-state index contributed by atoms with van der Waals surface area (Å²) in [6.45, 7) is 21.8. The topological polar surface area (TPSA) is 20.2 Å². The largest absolute Gasteiger partial charge is 0.388 e. The number of allylic oxidation sites excluding steroid dienone is 22. The summed E-state index contributed by atoms with van der Waals surface area (Å²) in [6, 6.07) is 0. The van der Waals surface area contributed by atoms with Gasteiger partial charge in [-0.1, -0.05) is 153 Å². The molecule has 1 unspecified atom stereocenters. The molecule has 0 spiro atoms. The number of aliphatic hydroxyl groups excluding tert-OH is 1. The van der Waals surface area contributed by atoms with E-state index in [0.29, 0.717) is 0 Å². The summed E-state index contributed by atoms with van der Waals surface area (Å²) in [5.41, 5.74) is 10.3. The third kappa shape index (κ3) is 11.0. The van der Waals surface area contributed by atoms with Gasteiger partial charge in [-0.15, -0.1) is 0 Å². The average Bonchev–Trinajstić information content (AvgIpc) is 2.88. The minimum absolute atomic E-state index is 0.281. The predicted octanol–water partition coefficient (Wildman–Crippen LogP) is 11.4. The Bertz CT molecular complexity index is 1300. The monoisotopic (exact) mass is 550 g/mol. The zero-order chi connectivity index (χ0) is 30.6. The smallest absolute Gasteiger partial charge is 0.0815 e. The van der Waals surface area contributed by atoms with Crippen LogP contribution in [0.3, 0.4) is 0 Å². The van der Waals surface area contributed by atoms with Crippen LogP contribution in [0.1, 0.15) is 88.5 Å². The minimum atomic E-state index is -0.458. The lowest BCUT2D eigenvalue weighted by Crippen LogP contribution is -2.31. The number of hydrogen-bond acceptors (Lipinski definition) is 1. The van der Waals surface area contributed by atoms with Crippen LogP contribution < -0.4 is 0 Å². The van der Waals surface area contributed by atoms with Gasteiger partial charge in [0.15, 0.2) is 0 Å². The summed E-state index contributed by atoms with van der Waals surface area (Å²) in [4.78, 5) is 0. The minimum Gasteiger partial charge on any atom is -0.388 e. The molecule has 2 aliphatic rings. The molecule has 0 aromatic carbocycles. The Morgan fingerprint density at radius 3 is 1.68 bits per heavy atom. The van der Waals surface area contributed by atoms with Gasteiger partial charge < -0.3 is 5.11 Å². The van der Waals surface area contributed by atoms with Gasteiger partial charge in [0.25, 0.3) is 0 Å². The molecule has 2 rings (SSSR count). The molecule has 0 aromatic rings. The zero-order valence-corrected chi connectivity index (χ0v) is 27.4. The maximum absolute atomic E-state index is 10.3. The lowest BCUT2D eigenvalue weighted by atomic mass is 9.72. The van der Waals surface area contributed by atoms with E-state index in [9.17, 15) is 5.11 Å². The molecule has 0 amide bonds. The van der Waals surface area contributed by atoms with E-state index in [2.05, 4.69) is 154 Å². The van der Waals surface area contributed by atoms with Crippen molar-refractivity contribution in [3.63, 3.8) is 0 Å². The van der Waals surface area contributed by atoms with Crippen LogP contribution in [0.25, 0.3) is 0 Å². The fourth-order valence-corrected chi connectivity index (χ4v) is 5.36. The Morgan fingerprint density at radius 2 is 1.17 bits per heavy atom. The average molecular weight is 551 g/mol. The van der Waals surface area contributed by atoms with Crippen molar-refractivity contribution < 1.29 is 5.11 Å². The second-order valence-corrected chi connectivity index (χ2v) is 13.0. The first-order chi connectivity index (χ1) is 19.2. The quantitative estimate of drug-likeness (QED) is 0.268. The van der Waals surface area contributed by atoms with E-state index >= 15 is 0 Å². The van der Waals surface area contributed by atoms with Crippen molar-refractivity contribution in [2.45, 2.75) is 94.6 Å². The molecule has 1 N–H and O–H groups in total. The van der Waals surface area contributed by atoms with Gasteiger partial charge >= 0.3 is 0 Å². The van der Waals surface area contributed by atoms with E-state index in [4.69, 9.17) is 0 Å². The Kier molecular flexibility index (Phi) is 13.1. The van der Waals surface area contributed by atoms with Crippen LogP contribution in [0.4, 0.5) is 0 Å². The van der Waals surface area contributed by atoms with Gasteiger partial charge in [0, 0.05) is 5.41 Å². The molecule has 0 aromatic heterocycles. The summed E-state index contributed by atoms with van der Waals surface area (Å²) >= 11 is 0. The van der Waals surface area contributed by atoms with Crippen molar-refractivity contribution >= 4 is 0 Å². The first kappa shape index (κ1) is 34.0. The van der Waals surface area contributed by atoms with Crippen LogP contribution in [0, 0.1) is 10.8 Å². The molecule has 0 radical (unpaired) electrons. The van der Waals surface area contributed by atoms with Crippen molar-refractivity contribution in [3.05, 3.63) is 142 Å². The number of aliphatic hydroxyl groups is 1. The van der Waals surface area contributed by atoms with E-state index < -0.39 is 6.10 Å². The lowest BCUT2D eigenvalue weighted by molar-refractivity contribution is 0.117. The second-order valence-electron chi connectivity index (χ2n) is 13.0. The van der Waals surface area contributed by atoms with Gasteiger partial charge in [0.1, 0.15) is 0 Å². The van der Waals surface area contributed by atoms with Gasteiger partial charge in [-0.25, -0.2) is 0 Å². The maximum atomic E-state index is 10.3. The highest BCUT2D eigenvalue weighted by molar-refractivity contribution is 5.44. The lowest BCUT2D eigenvalue weighted by Gasteiger charge is -2.34. The summed E-state index contributed by atoms with van der Waals surface area (Å²) in [6.07, 6.45) is 37.3. The van der Waals surface area contributed by atoms with E-state index in [1.54, 1.807) is 0 Å². The fourth-order valence-electron chi connectivity index (χ4n) is 5.36. The maximum Gasteiger partial charge on any atom is 0.0815 e. The number of rotatable bonds is 10. The summed E-state index contributed by atoms with van der Waals surface area (Å²) in [7, 11) is 0. The van der Waals surface area contributed by atoms with Crippen LogP contribution in [-0.4, -0.2) is 11.2 Å². The summed E-state index contributed by atoms with van der Waals surface area (Å²) in [5.74, 6) is 0. The van der Waals surface area contributed by atoms with Gasteiger partial charge in [-0.3, -0.25) is 0 Å². The van der Waals surface area contributed by atoms with Gasteiger partial charge in [0.2, 0.25) is 0 Å². The van der Waals surface area contributed by atoms with Crippen molar-refractivity contribution in [2.24, 2.45) is 10.8 Å². The van der Waals surface area contributed by atoms with E-state index in [0.717, 1.165) is 0 Å². The Balaban J connectivity index is 1.90. The Hall–Kier alpha value is -3.16. The normalized spacial score (nSPS) is 23.1. The SMILES string of the molecule is CC1=C(/C=C/C(C)=C/C=C/C(C)=C/C=C/C=C(C)/C=C/C=C(C)/C=C/C2=C(C)CCCC2(C)C)C(C)(C)C(O)C=C1. The van der Waals surface area contributed by atoms with Crippen LogP contribution in [0.2, 0.25) is 0 Å². The summed E-state index contributed by atoms with van der Waals surface area (Å²) in [5, 5.41) is 10.3.